The minimum absolute atomic E-state index is 0.000429. The summed E-state index contributed by atoms with van der Waals surface area (Å²) in [7, 11) is 1.38. The summed E-state index contributed by atoms with van der Waals surface area (Å²) in [4.78, 5) is 3.62. The van der Waals surface area contributed by atoms with Gasteiger partial charge in [-0.25, -0.2) is 0 Å². The molecule has 0 spiro atoms. The molecule has 0 saturated heterocycles. The monoisotopic (exact) mass is 472 g/mol. The lowest BCUT2D eigenvalue weighted by Gasteiger charge is -2.17. The summed E-state index contributed by atoms with van der Waals surface area (Å²) in [5.41, 5.74) is -2.44. The van der Waals surface area contributed by atoms with E-state index in [4.69, 9.17) is 14.7 Å². The summed E-state index contributed by atoms with van der Waals surface area (Å²) < 4.78 is 89.6. The van der Waals surface area contributed by atoms with Gasteiger partial charge in [0.1, 0.15) is 11.5 Å². The molecule has 0 heterocycles. The van der Waals surface area contributed by atoms with Crippen molar-refractivity contribution in [1.29, 1.82) is 5.26 Å². The highest BCUT2D eigenvalue weighted by atomic mass is 19.4. The number of hydrogen-bond donors (Lipinski definition) is 0. The van der Waals surface area contributed by atoms with Crippen molar-refractivity contribution in [2.24, 2.45) is 4.99 Å². The number of halogens is 6. The van der Waals surface area contributed by atoms with Crippen LogP contribution in [0.3, 0.4) is 0 Å². The molecule has 1 atom stereocenters. The van der Waals surface area contributed by atoms with Gasteiger partial charge in [-0.15, -0.1) is 0 Å². The van der Waals surface area contributed by atoms with Crippen molar-refractivity contribution in [3.63, 3.8) is 0 Å². The fourth-order valence-electron chi connectivity index (χ4n) is 3.07. The average molecular weight is 472 g/mol. The summed E-state index contributed by atoms with van der Waals surface area (Å²) in [6, 6.07) is 8.31. The maximum absolute atomic E-state index is 13.2. The Kier molecular flexibility index (Phi) is 8.74. The van der Waals surface area contributed by atoms with E-state index in [1.807, 2.05) is 0 Å². The van der Waals surface area contributed by atoms with Crippen LogP contribution >= 0.6 is 0 Å². The van der Waals surface area contributed by atoms with E-state index in [1.54, 1.807) is 6.92 Å². The highest BCUT2D eigenvalue weighted by Crippen LogP contribution is 2.35. The molecule has 0 aromatic heterocycles. The Morgan fingerprint density at radius 3 is 2.21 bits per heavy atom. The second-order valence-electron chi connectivity index (χ2n) is 7.22. The van der Waals surface area contributed by atoms with Crippen molar-refractivity contribution in [2.45, 2.75) is 44.6 Å². The minimum atomic E-state index is -4.67. The molecule has 2 rings (SSSR count). The van der Waals surface area contributed by atoms with E-state index in [1.165, 1.54) is 31.3 Å². The first-order chi connectivity index (χ1) is 15.5. The summed E-state index contributed by atoms with van der Waals surface area (Å²) in [5.74, 6) is 0.0811. The largest absolute Gasteiger partial charge is 0.494 e. The molecule has 0 aliphatic carbocycles. The zero-order valence-corrected chi connectivity index (χ0v) is 17.9. The fraction of sp³-hybridized carbons (Fsp3) is 0.391. The van der Waals surface area contributed by atoms with E-state index in [0.717, 1.165) is 24.4 Å². The van der Waals surface area contributed by atoms with Crippen LogP contribution in [0.4, 0.5) is 26.3 Å². The van der Waals surface area contributed by atoms with Gasteiger partial charge >= 0.3 is 12.4 Å². The van der Waals surface area contributed by atoms with Crippen LogP contribution in [-0.4, -0.2) is 26.0 Å². The summed E-state index contributed by atoms with van der Waals surface area (Å²) in [6.07, 6.45) is -6.92. The first kappa shape index (κ1) is 26.0. The van der Waals surface area contributed by atoms with Crippen LogP contribution in [0.1, 0.15) is 48.4 Å². The second-order valence-corrected chi connectivity index (χ2v) is 7.22. The lowest BCUT2D eigenvalue weighted by Crippen LogP contribution is -2.14. The molecule has 178 valence electrons. The number of ether oxygens (including phenoxy) is 2. The zero-order valence-electron chi connectivity index (χ0n) is 17.9. The molecule has 0 saturated carbocycles. The Morgan fingerprint density at radius 1 is 0.970 bits per heavy atom. The van der Waals surface area contributed by atoms with E-state index in [-0.39, 0.29) is 23.7 Å². The van der Waals surface area contributed by atoms with E-state index in [9.17, 15) is 26.3 Å². The molecule has 2 aromatic carbocycles. The molecule has 10 heteroatoms. The van der Waals surface area contributed by atoms with Gasteiger partial charge in [0.25, 0.3) is 0 Å². The third kappa shape index (κ3) is 7.70. The number of nitriles is 1. The molecule has 1 unspecified atom stereocenters. The molecule has 33 heavy (non-hydrogen) atoms. The van der Waals surface area contributed by atoms with E-state index in [2.05, 4.69) is 4.99 Å². The second kappa shape index (κ2) is 11.1. The molecule has 0 aliphatic rings. The molecule has 0 aliphatic heterocycles. The molecular weight excluding hydrogens is 450 g/mol. The molecule has 0 bridgehead atoms. The molecule has 2 aromatic rings. The number of nitrogens with zero attached hydrogens (tertiary/aromatic N) is 2. The van der Waals surface area contributed by atoms with Gasteiger partial charge in [0, 0.05) is 18.8 Å². The van der Waals surface area contributed by atoms with Gasteiger partial charge < -0.3 is 9.47 Å². The van der Waals surface area contributed by atoms with Crippen LogP contribution in [0.2, 0.25) is 0 Å². The molecule has 0 N–H and O–H groups in total. The van der Waals surface area contributed by atoms with Crippen molar-refractivity contribution in [2.75, 3.05) is 13.7 Å². The number of rotatable bonds is 9. The zero-order chi connectivity index (χ0) is 24.6. The van der Waals surface area contributed by atoms with E-state index >= 15 is 0 Å². The van der Waals surface area contributed by atoms with Crippen LogP contribution in [-0.2, 0) is 12.4 Å². The van der Waals surface area contributed by atoms with Crippen molar-refractivity contribution in [3.05, 3.63) is 58.7 Å². The minimum Gasteiger partial charge on any atom is -0.494 e. The summed E-state index contributed by atoms with van der Waals surface area (Å²) in [5, 5.41) is 8.83. The maximum atomic E-state index is 13.2. The maximum Gasteiger partial charge on any atom is 0.417 e. The van der Waals surface area contributed by atoms with E-state index < -0.39 is 35.1 Å². The normalized spacial score (nSPS) is 13.1. The van der Waals surface area contributed by atoms with Crippen molar-refractivity contribution >= 4 is 6.21 Å². The summed E-state index contributed by atoms with van der Waals surface area (Å²) >= 11 is 0. The average Bonchev–Trinajstić information content (AvgIpc) is 2.73. The first-order valence-electron chi connectivity index (χ1n) is 10.00. The highest BCUT2D eigenvalue weighted by Gasteiger charge is 2.34. The molecule has 0 fully saturated rings. The number of hydrogen-bond acceptors (Lipinski definition) is 4. The summed E-state index contributed by atoms with van der Waals surface area (Å²) in [6.45, 7) is 1.86. The van der Waals surface area contributed by atoms with Crippen LogP contribution in [0.5, 0.6) is 11.5 Å². The third-order valence-electron chi connectivity index (χ3n) is 4.63. The molecule has 4 nitrogen and oxygen atoms in total. The molecule has 0 radical (unpaired) electrons. The van der Waals surface area contributed by atoms with Crippen LogP contribution in [0, 0.1) is 11.3 Å². The van der Waals surface area contributed by atoms with Crippen molar-refractivity contribution in [3.8, 4) is 17.6 Å². The predicted octanol–water partition coefficient (Wildman–Crippen LogP) is 6.66. The Hall–Kier alpha value is -3.22. The Morgan fingerprint density at radius 2 is 1.61 bits per heavy atom. The lowest BCUT2D eigenvalue weighted by molar-refractivity contribution is -0.138. The van der Waals surface area contributed by atoms with Gasteiger partial charge in [0.2, 0.25) is 0 Å². The van der Waals surface area contributed by atoms with Crippen molar-refractivity contribution < 1.29 is 35.8 Å². The topological polar surface area (TPSA) is 54.6 Å². The van der Waals surface area contributed by atoms with Crippen LogP contribution < -0.4 is 9.47 Å². The quantitative estimate of drug-likeness (QED) is 0.233. The first-order valence-corrected chi connectivity index (χ1v) is 10.00. The van der Waals surface area contributed by atoms with Gasteiger partial charge in [-0.05, 0) is 62.6 Å². The van der Waals surface area contributed by atoms with E-state index in [0.29, 0.717) is 19.3 Å². The standard InChI is InChI=1S/C23H22F6N2O2/c1-15(33-19-9-6-16(13-30)20(12-19)22(24,25)26)5-3-4-10-32-18-8-7-17(14-31-2)21(11-18)23(27,28)29/h6-9,11-12,14-15H,3-5,10H2,1-2H3. The number of aliphatic imine (C=N–C) groups is 1. The molecule has 0 amide bonds. The van der Waals surface area contributed by atoms with Gasteiger partial charge in [-0.3, -0.25) is 4.99 Å². The smallest absolute Gasteiger partial charge is 0.417 e. The lowest BCUT2D eigenvalue weighted by atomic mass is 10.1. The Balaban J connectivity index is 1.86. The van der Waals surface area contributed by atoms with Crippen LogP contribution in [0.15, 0.2) is 41.4 Å². The number of benzene rings is 2. The predicted molar refractivity (Wildman–Crippen MR) is 111 cm³/mol. The van der Waals surface area contributed by atoms with Gasteiger partial charge in [-0.2, -0.15) is 31.6 Å². The number of unbranched alkanes of at least 4 members (excludes halogenated alkanes) is 1. The third-order valence-corrected chi connectivity index (χ3v) is 4.63. The van der Waals surface area contributed by atoms with Crippen molar-refractivity contribution in [1.82, 2.24) is 0 Å². The van der Waals surface area contributed by atoms with Gasteiger partial charge in [-0.1, -0.05) is 0 Å². The van der Waals surface area contributed by atoms with Crippen LogP contribution in [0.25, 0.3) is 0 Å². The molecular formula is C23H22F6N2O2. The Labute approximate surface area is 187 Å². The van der Waals surface area contributed by atoms with Gasteiger partial charge in [0.15, 0.2) is 0 Å². The SMILES string of the molecule is CN=Cc1ccc(OCCCCC(C)Oc2ccc(C#N)c(C(F)(F)F)c2)cc1C(F)(F)F. The fourth-order valence-corrected chi connectivity index (χ4v) is 3.07. The highest BCUT2D eigenvalue weighted by molar-refractivity contribution is 5.82. The Bertz CT molecular complexity index is 1010. The number of alkyl halides is 6. The van der Waals surface area contributed by atoms with Gasteiger partial charge in [0.05, 0.1) is 35.5 Å².